The molecule has 0 atom stereocenters. The zero-order valence-electron chi connectivity index (χ0n) is 10.3. The summed E-state index contributed by atoms with van der Waals surface area (Å²) in [6.07, 6.45) is 6.19. The number of aromatic nitrogens is 2. The molecule has 94 valence electrons. The molecular weight excluding hydrogens is 244 g/mol. The van der Waals surface area contributed by atoms with E-state index in [1.807, 2.05) is 18.3 Å². The molecule has 0 amide bonds. The number of anilines is 2. The maximum absolute atomic E-state index is 5.96. The summed E-state index contributed by atoms with van der Waals surface area (Å²) in [6, 6.07) is 3.93. The number of rotatable bonds is 4. The first-order valence-corrected chi connectivity index (χ1v) is 6.85. The fourth-order valence-electron chi connectivity index (χ4n) is 1.90. The van der Waals surface area contributed by atoms with Crippen LogP contribution in [0.5, 0.6) is 0 Å². The van der Waals surface area contributed by atoms with E-state index in [9.17, 15) is 0 Å². The Balaban J connectivity index is 1.87. The monoisotopic (exact) mass is 260 g/mol. The molecule has 4 nitrogen and oxygen atoms in total. The molecule has 0 aromatic carbocycles. The highest BCUT2D eigenvalue weighted by molar-refractivity contribution is 7.11. The van der Waals surface area contributed by atoms with Gasteiger partial charge in [0.2, 0.25) is 0 Å². The van der Waals surface area contributed by atoms with Crippen LogP contribution in [0.3, 0.4) is 0 Å². The summed E-state index contributed by atoms with van der Waals surface area (Å²) < 4.78 is 4.24. The lowest BCUT2D eigenvalue weighted by atomic mass is 10.1. The lowest BCUT2D eigenvalue weighted by Gasteiger charge is -2.11. The molecule has 0 radical (unpaired) electrons. The van der Waals surface area contributed by atoms with E-state index in [2.05, 4.69) is 21.6 Å². The Kier molecular flexibility index (Phi) is 2.70. The number of pyridine rings is 1. The highest BCUT2D eigenvalue weighted by Gasteiger charge is 2.37. The van der Waals surface area contributed by atoms with E-state index < -0.39 is 0 Å². The molecule has 0 aliphatic heterocycles. The molecule has 0 spiro atoms. The molecule has 0 unspecified atom stereocenters. The third-order valence-electron chi connectivity index (χ3n) is 3.45. The number of nitrogen functional groups attached to an aromatic ring is 1. The molecule has 18 heavy (non-hydrogen) atoms. The summed E-state index contributed by atoms with van der Waals surface area (Å²) in [5.74, 6) is 0.580. The van der Waals surface area contributed by atoms with Crippen LogP contribution < -0.4 is 11.1 Å². The van der Waals surface area contributed by atoms with Crippen LogP contribution in [0.2, 0.25) is 0 Å². The maximum atomic E-state index is 5.96. The Morgan fingerprint density at radius 2 is 2.33 bits per heavy atom. The van der Waals surface area contributed by atoms with E-state index in [0.29, 0.717) is 11.2 Å². The zero-order chi connectivity index (χ0) is 12.6. The first-order chi connectivity index (χ1) is 8.68. The molecule has 1 aliphatic carbocycles. The lowest BCUT2D eigenvalue weighted by molar-refractivity contribution is 0.611. The molecule has 5 heteroatoms. The summed E-state index contributed by atoms with van der Waals surface area (Å²) in [4.78, 5) is 4.14. The summed E-state index contributed by atoms with van der Waals surface area (Å²) in [5.41, 5.74) is 8.43. The van der Waals surface area contributed by atoms with Crippen LogP contribution in [0.1, 0.15) is 19.8 Å². The van der Waals surface area contributed by atoms with Crippen molar-refractivity contribution in [1.82, 2.24) is 9.36 Å². The van der Waals surface area contributed by atoms with Gasteiger partial charge in [-0.2, -0.15) is 4.37 Å². The van der Waals surface area contributed by atoms with Gasteiger partial charge in [-0.15, -0.1) is 0 Å². The molecular formula is C13H16N4S. The minimum absolute atomic E-state index is 0.463. The molecule has 2 aromatic heterocycles. The molecule has 1 fully saturated rings. The van der Waals surface area contributed by atoms with Crippen molar-refractivity contribution in [3.05, 3.63) is 24.5 Å². The fraction of sp³-hybridized carbons (Fsp3) is 0.385. The van der Waals surface area contributed by atoms with Crippen molar-refractivity contribution < 1.29 is 0 Å². The van der Waals surface area contributed by atoms with E-state index in [-0.39, 0.29) is 0 Å². The molecule has 3 rings (SSSR count). The molecule has 0 saturated heterocycles. The summed E-state index contributed by atoms with van der Waals surface area (Å²) in [7, 11) is 0. The number of nitrogens with one attached hydrogen (secondary N) is 1. The molecule has 3 N–H and O–H groups in total. The zero-order valence-corrected chi connectivity index (χ0v) is 11.1. The third-order valence-corrected chi connectivity index (χ3v) is 4.27. The molecule has 2 aromatic rings. The summed E-state index contributed by atoms with van der Waals surface area (Å²) in [6.45, 7) is 3.29. The second-order valence-electron chi connectivity index (χ2n) is 5.18. The standard InChI is InChI=1S/C13H16N4S/c1-13(4-5-13)8-16-12-10(11(14)17-18-12)9-3-2-6-15-7-9/h2-3,6-7,16H,4-5,8H2,1H3,(H2,14,17). The van der Waals surface area contributed by atoms with Crippen LogP contribution in [0, 0.1) is 5.41 Å². The van der Waals surface area contributed by atoms with Gasteiger partial charge in [0.05, 0.1) is 5.56 Å². The van der Waals surface area contributed by atoms with Crippen molar-refractivity contribution in [3.8, 4) is 11.1 Å². The second kappa shape index (κ2) is 4.24. The Morgan fingerprint density at radius 1 is 1.50 bits per heavy atom. The largest absolute Gasteiger partial charge is 0.382 e. The van der Waals surface area contributed by atoms with Crippen LogP contribution in [-0.4, -0.2) is 15.9 Å². The Labute approximate surface area is 110 Å². The number of hydrogen-bond acceptors (Lipinski definition) is 5. The van der Waals surface area contributed by atoms with Gasteiger partial charge in [0, 0.05) is 24.5 Å². The second-order valence-corrected chi connectivity index (χ2v) is 5.95. The Hall–Kier alpha value is -1.62. The smallest absolute Gasteiger partial charge is 0.147 e. The van der Waals surface area contributed by atoms with Crippen molar-refractivity contribution in [1.29, 1.82) is 0 Å². The first kappa shape index (κ1) is 11.5. The predicted octanol–water partition coefficient (Wildman–Crippen LogP) is 3.00. The predicted molar refractivity (Wildman–Crippen MR) is 75.6 cm³/mol. The van der Waals surface area contributed by atoms with Gasteiger partial charge in [0.25, 0.3) is 0 Å². The van der Waals surface area contributed by atoms with Gasteiger partial charge >= 0.3 is 0 Å². The SMILES string of the molecule is CC1(CNc2snc(N)c2-c2cccnc2)CC1. The van der Waals surface area contributed by atoms with Crippen LogP contribution in [0.25, 0.3) is 11.1 Å². The number of hydrogen-bond donors (Lipinski definition) is 2. The van der Waals surface area contributed by atoms with Gasteiger partial charge in [0.15, 0.2) is 0 Å². The highest BCUT2D eigenvalue weighted by Crippen LogP contribution is 2.46. The highest BCUT2D eigenvalue weighted by atomic mass is 32.1. The normalized spacial score (nSPS) is 16.5. The van der Waals surface area contributed by atoms with Crippen LogP contribution in [0.4, 0.5) is 10.8 Å². The van der Waals surface area contributed by atoms with Crippen molar-refractivity contribution in [3.63, 3.8) is 0 Å². The van der Waals surface area contributed by atoms with Crippen LogP contribution in [0.15, 0.2) is 24.5 Å². The summed E-state index contributed by atoms with van der Waals surface area (Å²) >= 11 is 1.43. The average Bonchev–Trinajstić information content (AvgIpc) is 3.00. The van der Waals surface area contributed by atoms with Gasteiger partial charge in [-0.1, -0.05) is 13.0 Å². The van der Waals surface area contributed by atoms with Gasteiger partial charge in [-0.05, 0) is 35.9 Å². The lowest BCUT2D eigenvalue weighted by Crippen LogP contribution is -2.11. The van der Waals surface area contributed by atoms with E-state index in [1.54, 1.807) is 6.20 Å². The molecule has 1 saturated carbocycles. The van der Waals surface area contributed by atoms with Crippen molar-refractivity contribution >= 4 is 22.4 Å². The van der Waals surface area contributed by atoms with Crippen molar-refractivity contribution in [2.24, 2.45) is 5.41 Å². The topological polar surface area (TPSA) is 63.8 Å². The first-order valence-electron chi connectivity index (χ1n) is 6.07. The molecule has 2 heterocycles. The minimum Gasteiger partial charge on any atom is -0.382 e. The third kappa shape index (κ3) is 2.18. The minimum atomic E-state index is 0.463. The van der Waals surface area contributed by atoms with Crippen LogP contribution in [-0.2, 0) is 0 Å². The summed E-state index contributed by atoms with van der Waals surface area (Å²) in [5, 5.41) is 4.53. The molecule has 1 aliphatic rings. The van der Waals surface area contributed by atoms with Crippen molar-refractivity contribution in [2.75, 3.05) is 17.6 Å². The van der Waals surface area contributed by atoms with Crippen molar-refractivity contribution in [2.45, 2.75) is 19.8 Å². The van der Waals surface area contributed by atoms with Gasteiger partial charge < -0.3 is 11.1 Å². The Bertz CT molecular complexity index is 545. The average molecular weight is 260 g/mol. The van der Waals surface area contributed by atoms with E-state index in [0.717, 1.165) is 22.7 Å². The fourth-order valence-corrected chi connectivity index (χ4v) is 2.63. The quantitative estimate of drug-likeness (QED) is 0.887. The van der Waals surface area contributed by atoms with Gasteiger partial charge in [-0.3, -0.25) is 4.98 Å². The van der Waals surface area contributed by atoms with E-state index >= 15 is 0 Å². The van der Waals surface area contributed by atoms with E-state index in [1.165, 1.54) is 24.4 Å². The van der Waals surface area contributed by atoms with Gasteiger partial charge in [-0.25, -0.2) is 0 Å². The van der Waals surface area contributed by atoms with Gasteiger partial charge in [0.1, 0.15) is 10.8 Å². The number of nitrogens with zero attached hydrogens (tertiary/aromatic N) is 2. The molecule has 0 bridgehead atoms. The Morgan fingerprint density at radius 3 is 3.00 bits per heavy atom. The maximum Gasteiger partial charge on any atom is 0.147 e. The van der Waals surface area contributed by atoms with Crippen LogP contribution >= 0.6 is 11.5 Å². The number of nitrogens with two attached hydrogens (primary N) is 1. The van der Waals surface area contributed by atoms with E-state index in [4.69, 9.17) is 5.73 Å².